The van der Waals surface area contributed by atoms with Crippen LogP contribution in [0, 0.1) is 23.2 Å². The summed E-state index contributed by atoms with van der Waals surface area (Å²) >= 11 is 1.68. The van der Waals surface area contributed by atoms with Gasteiger partial charge in [-0.25, -0.2) is 0 Å². The topological polar surface area (TPSA) is 81.2 Å². The number of nitrogens with zero attached hydrogens (tertiary/aromatic N) is 3. The van der Waals surface area contributed by atoms with E-state index in [2.05, 4.69) is 54.7 Å². The zero-order chi connectivity index (χ0) is 31.9. The molecule has 43 heavy (non-hydrogen) atoms. The Morgan fingerprint density at radius 3 is 2.30 bits per heavy atom. The molecular weight excluding hydrogens is 558 g/mol. The summed E-state index contributed by atoms with van der Waals surface area (Å²) in [5.41, 5.74) is 0.469. The Labute approximate surface area is 262 Å². The summed E-state index contributed by atoms with van der Waals surface area (Å²) in [5.74, 6) is -1.51. The maximum atomic E-state index is 14.9. The van der Waals surface area contributed by atoms with Crippen molar-refractivity contribution >= 4 is 29.5 Å². The molecule has 3 aliphatic heterocycles. The van der Waals surface area contributed by atoms with Gasteiger partial charge in [0.15, 0.2) is 0 Å². The van der Waals surface area contributed by atoms with Crippen molar-refractivity contribution in [2.75, 3.05) is 19.7 Å². The molecule has 3 aliphatic rings. The van der Waals surface area contributed by atoms with Gasteiger partial charge in [0.2, 0.25) is 17.7 Å². The van der Waals surface area contributed by atoms with Crippen molar-refractivity contribution < 1.29 is 19.5 Å². The maximum Gasteiger partial charge on any atom is 0.247 e. The normalized spacial score (nSPS) is 28.9. The number of benzene rings is 1. The van der Waals surface area contributed by atoms with Gasteiger partial charge in [-0.15, -0.1) is 24.9 Å². The van der Waals surface area contributed by atoms with E-state index >= 15 is 0 Å². The van der Waals surface area contributed by atoms with Crippen LogP contribution < -0.4 is 0 Å². The van der Waals surface area contributed by atoms with Gasteiger partial charge in [0.25, 0.3) is 0 Å². The smallest absolute Gasteiger partial charge is 0.247 e. The molecule has 1 spiro atoms. The average molecular weight is 610 g/mol. The van der Waals surface area contributed by atoms with Crippen molar-refractivity contribution in [1.29, 1.82) is 0 Å². The van der Waals surface area contributed by atoms with Gasteiger partial charge in [0, 0.05) is 30.4 Å². The molecule has 3 unspecified atom stereocenters. The highest BCUT2D eigenvalue weighted by Crippen LogP contribution is 2.69. The van der Waals surface area contributed by atoms with Gasteiger partial charge in [-0.3, -0.25) is 14.4 Å². The van der Waals surface area contributed by atoms with Crippen molar-refractivity contribution in [3.8, 4) is 0 Å². The van der Waals surface area contributed by atoms with E-state index in [0.29, 0.717) is 19.6 Å². The summed E-state index contributed by atoms with van der Waals surface area (Å²) in [7, 11) is 0. The summed E-state index contributed by atoms with van der Waals surface area (Å²) in [4.78, 5) is 49.3. The fraction of sp³-hybridized carbons (Fsp3) is 0.629. The highest BCUT2D eigenvalue weighted by molar-refractivity contribution is 8.02. The van der Waals surface area contributed by atoms with Crippen LogP contribution in [-0.2, 0) is 20.9 Å². The molecule has 1 N–H and O–H groups in total. The summed E-state index contributed by atoms with van der Waals surface area (Å²) in [6.07, 6.45) is 5.00. The number of carbonyl (C=O) groups is 3. The third-order valence-corrected chi connectivity index (χ3v) is 11.7. The van der Waals surface area contributed by atoms with Crippen LogP contribution in [0.15, 0.2) is 55.6 Å². The molecule has 7 atom stereocenters. The number of aliphatic hydroxyl groups is 1. The van der Waals surface area contributed by atoms with Crippen LogP contribution in [0.4, 0.5) is 0 Å². The monoisotopic (exact) mass is 609 g/mol. The molecule has 0 aromatic heterocycles. The number of fused-ring (bicyclic) bond motifs is 1. The number of aliphatic hydroxyl groups excluding tert-OH is 1. The second-order valence-corrected chi connectivity index (χ2v) is 16.2. The first-order chi connectivity index (χ1) is 20.1. The lowest BCUT2D eigenvalue weighted by atomic mass is 9.65. The lowest BCUT2D eigenvalue weighted by molar-refractivity contribution is -0.149. The molecule has 7 nitrogen and oxygen atoms in total. The fourth-order valence-electron chi connectivity index (χ4n) is 8.29. The Balaban J connectivity index is 1.79. The number of amides is 3. The van der Waals surface area contributed by atoms with Crippen LogP contribution in [0.2, 0.25) is 0 Å². The zero-order valence-electron chi connectivity index (χ0n) is 27.1. The van der Waals surface area contributed by atoms with Crippen molar-refractivity contribution in [3.05, 3.63) is 61.2 Å². The molecule has 4 rings (SSSR count). The maximum absolute atomic E-state index is 14.9. The molecular formula is C35H51N3O4S. The molecule has 0 aliphatic carbocycles. The quantitative estimate of drug-likeness (QED) is 0.332. The van der Waals surface area contributed by atoms with Crippen LogP contribution in [0.25, 0.3) is 0 Å². The summed E-state index contributed by atoms with van der Waals surface area (Å²) in [5, 5.41) is 10.3. The van der Waals surface area contributed by atoms with Gasteiger partial charge in [-0.2, -0.15) is 0 Å². The van der Waals surface area contributed by atoms with Crippen molar-refractivity contribution in [2.45, 2.75) is 95.5 Å². The Kier molecular flexibility index (Phi) is 9.63. The van der Waals surface area contributed by atoms with Gasteiger partial charge < -0.3 is 19.8 Å². The minimum Gasteiger partial charge on any atom is -0.394 e. The first-order valence-corrected chi connectivity index (χ1v) is 16.5. The summed E-state index contributed by atoms with van der Waals surface area (Å²) < 4.78 is -0.758. The van der Waals surface area contributed by atoms with Crippen molar-refractivity contribution in [2.24, 2.45) is 23.2 Å². The van der Waals surface area contributed by atoms with Crippen LogP contribution in [0.3, 0.4) is 0 Å². The van der Waals surface area contributed by atoms with E-state index in [1.807, 2.05) is 35.2 Å². The lowest BCUT2D eigenvalue weighted by Crippen LogP contribution is -2.62. The highest BCUT2D eigenvalue weighted by atomic mass is 32.2. The molecule has 1 aromatic carbocycles. The molecule has 0 radical (unpaired) electrons. The Hall–Kier alpha value is -2.58. The van der Waals surface area contributed by atoms with Crippen LogP contribution in [0.5, 0.6) is 0 Å². The van der Waals surface area contributed by atoms with E-state index in [9.17, 15) is 19.5 Å². The van der Waals surface area contributed by atoms with E-state index in [1.165, 1.54) is 0 Å². The van der Waals surface area contributed by atoms with Gasteiger partial charge in [-0.05, 0) is 50.5 Å². The standard InChI is InChI=1S/C35H51N3O4S/c1-10-17-36(20-25-15-13-12-14-16-25)30(40)27-26-19-23(3)35(43-26)28(27)31(41)38(24(4)21-39)29(35)32(42)37(18-11-2)34(8,9)22-33(5,6)7/h10-16,23-24,26-29,39H,1-2,17-22H2,3-9H3/t23?,24-,26-,27+,28+,29?,35?/m1/s1. The number of thioether (sulfide) groups is 1. The Bertz CT molecular complexity index is 1230. The van der Waals surface area contributed by atoms with E-state index in [4.69, 9.17) is 0 Å². The Morgan fingerprint density at radius 2 is 1.74 bits per heavy atom. The largest absolute Gasteiger partial charge is 0.394 e. The molecule has 1 aromatic rings. The predicted molar refractivity (Wildman–Crippen MR) is 174 cm³/mol. The third kappa shape index (κ3) is 5.94. The fourth-order valence-corrected chi connectivity index (χ4v) is 10.7. The van der Waals surface area contributed by atoms with Gasteiger partial charge in [0.05, 0.1) is 29.2 Å². The molecule has 3 saturated heterocycles. The lowest BCUT2D eigenvalue weighted by Gasteiger charge is -2.47. The summed E-state index contributed by atoms with van der Waals surface area (Å²) in [6.45, 7) is 23.3. The summed E-state index contributed by atoms with van der Waals surface area (Å²) in [6, 6.07) is 8.51. The molecule has 3 fully saturated rings. The van der Waals surface area contributed by atoms with E-state index in [-0.39, 0.29) is 40.9 Å². The van der Waals surface area contributed by atoms with Gasteiger partial charge >= 0.3 is 0 Å². The first-order valence-electron chi connectivity index (χ1n) is 15.6. The molecule has 3 amide bonds. The molecule has 8 heteroatoms. The van der Waals surface area contributed by atoms with Crippen LogP contribution in [-0.4, -0.2) is 84.8 Å². The van der Waals surface area contributed by atoms with Crippen LogP contribution in [0.1, 0.15) is 66.9 Å². The zero-order valence-corrected chi connectivity index (χ0v) is 27.9. The SMILES string of the molecule is C=CCN(Cc1ccccc1)C(=O)[C@@H]1[C@H]2C(=O)N([C@H](C)CO)C(C(=O)N(CC=C)C(C)(C)CC(C)(C)C)C23S[C@@H]1CC3C. The minimum atomic E-state index is -0.781. The average Bonchev–Trinajstić information content (AvgIpc) is 3.53. The number of hydrogen-bond donors (Lipinski definition) is 1. The van der Waals surface area contributed by atoms with E-state index in [0.717, 1.165) is 18.4 Å². The molecule has 2 bridgehead atoms. The van der Waals surface area contributed by atoms with E-state index < -0.39 is 34.2 Å². The number of carbonyl (C=O) groups excluding carboxylic acids is 3. The third-order valence-electron chi connectivity index (χ3n) is 9.59. The minimum absolute atomic E-state index is 0.0354. The van der Waals surface area contributed by atoms with Crippen molar-refractivity contribution in [1.82, 2.24) is 14.7 Å². The number of likely N-dealkylation sites (tertiary alicyclic amines) is 1. The highest BCUT2D eigenvalue weighted by Gasteiger charge is 2.77. The van der Waals surface area contributed by atoms with Crippen LogP contribution >= 0.6 is 11.8 Å². The molecule has 3 heterocycles. The molecule has 236 valence electrons. The Morgan fingerprint density at radius 1 is 1.12 bits per heavy atom. The van der Waals surface area contributed by atoms with Gasteiger partial charge in [-0.1, -0.05) is 70.2 Å². The predicted octanol–water partition coefficient (Wildman–Crippen LogP) is 5.15. The van der Waals surface area contributed by atoms with Crippen molar-refractivity contribution in [3.63, 3.8) is 0 Å². The number of rotatable bonds is 12. The second kappa shape index (κ2) is 12.4. The first kappa shape index (κ1) is 33.3. The second-order valence-electron chi connectivity index (χ2n) is 14.6. The van der Waals surface area contributed by atoms with Gasteiger partial charge in [0.1, 0.15) is 6.04 Å². The number of hydrogen-bond acceptors (Lipinski definition) is 5. The molecule has 0 saturated carbocycles. The van der Waals surface area contributed by atoms with E-state index in [1.54, 1.807) is 40.6 Å².